The molecule has 1 N–H and O–H groups in total. The van der Waals surface area contributed by atoms with Gasteiger partial charge in [0, 0.05) is 16.3 Å². The number of amides is 1. The van der Waals surface area contributed by atoms with E-state index in [-0.39, 0.29) is 5.91 Å². The number of halogens is 1. The second kappa shape index (κ2) is 7.84. The highest BCUT2D eigenvalue weighted by atomic mass is 35.5. The Bertz CT molecular complexity index is 1220. The van der Waals surface area contributed by atoms with Crippen molar-refractivity contribution in [1.82, 2.24) is 4.98 Å². The Morgan fingerprint density at radius 1 is 1.07 bits per heavy atom. The number of fused-ring (bicyclic) bond motifs is 1. The lowest BCUT2D eigenvalue weighted by molar-refractivity contribution is -0.128. The maximum absolute atomic E-state index is 12.9. The zero-order valence-corrected chi connectivity index (χ0v) is 17.7. The van der Waals surface area contributed by atoms with E-state index in [0.29, 0.717) is 33.4 Å². The molecule has 0 bridgehead atoms. The topological polar surface area (TPSA) is 64.4 Å². The van der Waals surface area contributed by atoms with E-state index in [1.807, 2.05) is 55.5 Å². The van der Waals surface area contributed by atoms with Crippen LogP contribution in [0.2, 0.25) is 5.02 Å². The standard InChI is InChI=1S/C24H21ClN2O3/c1-15-18(22-26-20-14-16(25)12-13-21(20)29-22)10-7-11-19(15)27-23(28)24(2,3)30-17-8-5-4-6-9-17/h4-14H,1-3H3,(H,27,28). The number of hydrogen-bond acceptors (Lipinski definition) is 4. The minimum absolute atomic E-state index is 0.254. The average molecular weight is 421 g/mol. The summed E-state index contributed by atoms with van der Waals surface area (Å²) in [7, 11) is 0. The summed E-state index contributed by atoms with van der Waals surface area (Å²) in [5, 5.41) is 3.57. The molecule has 0 radical (unpaired) electrons. The van der Waals surface area contributed by atoms with E-state index in [2.05, 4.69) is 10.3 Å². The molecular formula is C24H21ClN2O3. The molecule has 0 aliphatic heterocycles. The van der Waals surface area contributed by atoms with Crippen molar-refractivity contribution in [3.63, 3.8) is 0 Å². The summed E-state index contributed by atoms with van der Waals surface area (Å²) in [5.74, 6) is 0.852. The van der Waals surface area contributed by atoms with Crippen molar-refractivity contribution in [2.24, 2.45) is 0 Å². The van der Waals surface area contributed by atoms with Crippen LogP contribution >= 0.6 is 11.6 Å². The van der Waals surface area contributed by atoms with Gasteiger partial charge in [0.2, 0.25) is 5.89 Å². The molecule has 0 unspecified atom stereocenters. The van der Waals surface area contributed by atoms with Gasteiger partial charge in [-0.25, -0.2) is 4.98 Å². The normalized spacial score (nSPS) is 11.5. The molecule has 1 aromatic heterocycles. The van der Waals surface area contributed by atoms with Gasteiger partial charge in [-0.1, -0.05) is 35.9 Å². The molecule has 0 spiro atoms. The fourth-order valence-corrected chi connectivity index (χ4v) is 3.29. The van der Waals surface area contributed by atoms with Crippen LogP contribution in [0, 0.1) is 6.92 Å². The first-order valence-electron chi connectivity index (χ1n) is 9.55. The van der Waals surface area contributed by atoms with Crippen molar-refractivity contribution in [2.45, 2.75) is 26.4 Å². The van der Waals surface area contributed by atoms with Crippen molar-refractivity contribution >= 4 is 34.3 Å². The van der Waals surface area contributed by atoms with E-state index in [0.717, 1.165) is 11.1 Å². The van der Waals surface area contributed by atoms with Gasteiger partial charge in [0.15, 0.2) is 11.2 Å². The zero-order valence-electron chi connectivity index (χ0n) is 16.9. The van der Waals surface area contributed by atoms with Crippen LogP contribution in [0.4, 0.5) is 5.69 Å². The zero-order chi connectivity index (χ0) is 21.3. The van der Waals surface area contributed by atoms with Crippen LogP contribution in [0.5, 0.6) is 5.75 Å². The smallest absolute Gasteiger partial charge is 0.267 e. The lowest BCUT2D eigenvalue weighted by Crippen LogP contribution is -2.42. The molecular weight excluding hydrogens is 400 g/mol. The van der Waals surface area contributed by atoms with Gasteiger partial charge in [-0.2, -0.15) is 0 Å². The van der Waals surface area contributed by atoms with Crippen LogP contribution < -0.4 is 10.1 Å². The third-order valence-corrected chi connectivity index (χ3v) is 5.06. The third-order valence-electron chi connectivity index (χ3n) is 4.83. The van der Waals surface area contributed by atoms with Crippen LogP contribution in [0.25, 0.3) is 22.6 Å². The predicted octanol–water partition coefficient (Wildman–Crippen LogP) is 6.25. The van der Waals surface area contributed by atoms with E-state index >= 15 is 0 Å². The van der Waals surface area contributed by atoms with Gasteiger partial charge >= 0.3 is 0 Å². The molecule has 0 atom stereocenters. The first-order valence-corrected chi connectivity index (χ1v) is 9.93. The SMILES string of the molecule is Cc1c(NC(=O)C(C)(C)Oc2ccccc2)cccc1-c1nc2cc(Cl)ccc2o1. The molecule has 0 aliphatic rings. The third kappa shape index (κ3) is 4.02. The number of nitrogens with one attached hydrogen (secondary N) is 1. The van der Waals surface area contributed by atoms with Crippen LogP contribution in [0.3, 0.4) is 0 Å². The molecule has 0 fully saturated rings. The highest BCUT2D eigenvalue weighted by Crippen LogP contribution is 2.32. The number of carbonyl (C=O) groups excluding carboxylic acids is 1. The number of anilines is 1. The summed E-state index contributed by atoms with van der Waals surface area (Å²) in [4.78, 5) is 17.5. The second-order valence-electron chi connectivity index (χ2n) is 7.49. The Balaban J connectivity index is 1.60. The lowest BCUT2D eigenvalue weighted by atomic mass is 10.0. The number of para-hydroxylation sites is 1. The maximum atomic E-state index is 12.9. The monoisotopic (exact) mass is 420 g/mol. The van der Waals surface area contributed by atoms with Gasteiger partial charge in [0.1, 0.15) is 11.3 Å². The number of benzene rings is 3. The number of ether oxygens (including phenoxy) is 1. The molecule has 4 rings (SSSR count). The second-order valence-corrected chi connectivity index (χ2v) is 7.93. The quantitative estimate of drug-likeness (QED) is 0.414. The Labute approximate surface area is 179 Å². The number of carbonyl (C=O) groups is 1. The minimum Gasteiger partial charge on any atom is -0.478 e. The van der Waals surface area contributed by atoms with Gasteiger partial charge in [0.05, 0.1) is 0 Å². The minimum atomic E-state index is -1.06. The molecule has 30 heavy (non-hydrogen) atoms. The summed E-state index contributed by atoms with van der Waals surface area (Å²) in [6.07, 6.45) is 0. The first kappa shape index (κ1) is 20.0. The molecule has 1 heterocycles. The van der Waals surface area contributed by atoms with Crippen molar-refractivity contribution in [1.29, 1.82) is 0 Å². The predicted molar refractivity (Wildman–Crippen MR) is 119 cm³/mol. The van der Waals surface area contributed by atoms with E-state index in [1.54, 1.807) is 32.0 Å². The molecule has 0 aliphatic carbocycles. The van der Waals surface area contributed by atoms with E-state index in [4.69, 9.17) is 20.8 Å². The molecule has 6 heteroatoms. The fourth-order valence-electron chi connectivity index (χ4n) is 3.12. The van der Waals surface area contributed by atoms with Crippen molar-refractivity contribution in [2.75, 3.05) is 5.32 Å². The van der Waals surface area contributed by atoms with Gasteiger partial charge < -0.3 is 14.5 Å². The number of oxazole rings is 1. The summed E-state index contributed by atoms with van der Waals surface area (Å²) >= 11 is 6.05. The van der Waals surface area contributed by atoms with Gasteiger partial charge in [-0.05, 0) is 68.8 Å². The Kier molecular flexibility index (Phi) is 5.22. The number of rotatable bonds is 5. The number of aromatic nitrogens is 1. The largest absolute Gasteiger partial charge is 0.478 e. The summed E-state index contributed by atoms with van der Waals surface area (Å²) in [6.45, 7) is 5.38. The molecule has 4 aromatic rings. The average Bonchev–Trinajstić information content (AvgIpc) is 3.12. The van der Waals surface area contributed by atoms with Crippen molar-refractivity contribution < 1.29 is 13.9 Å². The Morgan fingerprint density at radius 2 is 1.83 bits per heavy atom. The molecule has 5 nitrogen and oxygen atoms in total. The lowest BCUT2D eigenvalue weighted by Gasteiger charge is -2.26. The van der Waals surface area contributed by atoms with Crippen LogP contribution in [-0.4, -0.2) is 16.5 Å². The highest BCUT2D eigenvalue weighted by Gasteiger charge is 2.30. The Morgan fingerprint density at radius 3 is 2.60 bits per heavy atom. The van der Waals surface area contributed by atoms with Crippen LogP contribution in [0.15, 0.2) is 71.1 Å². The van der Waals surface area contributed by atoms with E-state index in [1.165, 1.54) is 0 Å². The molecule has 3 aromatic carbocycles. The Hall–Kier alpha value is -3.31. The highest BCUT2D eigenvalue weighted by molar-refractivity contribution is 6.31. The van der Waals surface area contributed by atoms with Crippen LogP contribution in [-0.2, 0) is 4.79 Å². The molecule has 0 saturated heterocycles. The number of nitrogens with zero attached hydrogens (tertiary/aromatic N) is 1. The van der Waals surface area contributed by atoms with E-state index in [9.17, 15) is 4.79 Å². The van der Waals surface area contributed by atoms with Gasteiger partial charge in [0.25, 0.3) is 5.91 Å². The molecule has 0 saturated carbocycles. The van der Waals surface area contributed by atoms with Crippen molar-refractivity contribution in [3.05, 3.63) is 77.3 Å². The van der Waals surface area contributed by atoms with Crippen molar-refractivity contribution in [3.8, 4) is 17.2 Å². The number of hydrogen-bond donors (Lipinski definition) is 1. The fraction of sp³-hybridized carbons (Fsp3) is 0.167. The maximum Gasteiger partial charge on any atom is 0.267 e. The van der Waals surface area contributed by atoms with Gasteiger partial charge in [-0.3, -0.25) is 4.79 Å². The van der Waals surface area contributed by atoms with Gasteiger partial charge in [-0.15, -0.1) is 0 Å². The first-order chi connectivity index (χ1) is 14.3. The summed E-state index contributed by atoms with van der Waals surface area (Å²) < 4.78 is 11.8. The molecule has 1 amide bonds. The molecule has 152 valence electrons. The van der Waals surface area contributed by atoms with Crippen LogP contribution in [0.1, 0.15) is 19.4 Å². The van der Waals surface area contributed by atoms with E-state index < -0.39 is 5.60 Å². The summed E-state index contributed by atoms with van der Waals surface area (Å²) in [6, 6.07) is 20.2. The summed E-state index contributed by atoms with van der Waals surface area (Å²) in [5.41, 5.74) is 2.59.